The van der Waals surface area contributed by atoms with E-state index in [-0.39, 0.29) is 12.5 Å². The van der Waals surface area contributed by atoms with Gasteiger partial charge in [0.15, 0.2) is 6.29 Å². The molecule has 1 rings (SSSR count). The van der Waals surface area contributed by atoms with Crippen LogP contribution in [0.5, 0.6) is 0 Å². The van der Waals surface area contributed by atoms with Crippen LogP contribution in [0.3, 0.4) is 0 Å². The van der Waals surface area contributed by atoms with Crippen molar-refractivity contribution in [1.29, 1.82) is 0 Å². The number of carbonyl (C=O) groups excluding carboxylic acids is 1. The molecule has 1 amide bonds. The van der Waals surface area contributed by atoms with Crippen LogP contribution in [-0.4, -0.2) is 23.9 Å². The second-order valence-corrected chi connectivity index (χ2v) is 5.12. The number of rotatable bonds is 8. The predicted octanol–water partition coefficient (Wildman–Crippen LogP) is 2.26. The van der Waals surface area contributed by atoms with E-state index in [4.69, 9.17) is 14.7 Å². The third-order valence-electron chi connectivity index (χ3n) is 2.55. The monoisotopic (exact) mass is 293 g/mol. The fourth-order valence-electron chi connectivity index (χ4n) is 1.50. The predicted molar refractivity (Wildman–Crippen MR) is 80.9 cm³/mol. The fourth-order valence-corrected chi connectivity index (χ4v) is 1.50. The number of hydrogen-bond acceptors (Lipinski definition) is 4. The molecule has 0 radical (unpaired) electrons. The number of ether oxygens (including phenoxy) is 1. The van der Waals surface area contributed by atoms with E-state index < -0.39 is 6.29 Å². The molecule has 0 aliphatic heterocycles. The van der Waals surface area contributed by atoms with E-state index in [1.807, 2.05) is 32.0 Å². The lowest BCUT2D eigenvalue weighted by molar-refractivity contribution is -0.180. The van der Waals surface area contributed by atoms with E-state index in [0.717, 1.165) is 11.1 Å². The number of benzene rings is 1. The van der Waals surface area contributed by atoms with Crippen LogP contribution < -0.4 is 5.48 Å². The summed E-state index contributed by atoms with van der Waals surface area (Å²) in [5.41, 5.74) is 3.93. The van der Waals surface area contributed by atoms with Crippen molar-refractivity contribution < 1.29 is 19.5 Å². The van der Waals surface area contributed by atoms with Crippen molar-refractivity contribution in [2.24, 2.45) is 5.92 Å². The molecule has 116 valence electrons. The fraction of sp³-hybridized carbons (Fsp3) is 0.438. The van der Waals surface area contributed by atoms with Gasteiger partial charge in [0.1, 0.15) is 0 Å². The Morgan fingerprint density at radius 2 is 2.14 bits per heavy atom. The molecule has 21 heavy (non-hydrogen) atoms. The topological polar surface area (TPSA) is 67.8 Å². The summed E-state index contributed by atoms with van der Waals surface area (Å²) in [6, 6.07) is 7.28. The van der Waals surface area contributed by atoms with Gasteiger partial charge in [-0.25, -0.2) is 10.3 Å². The maximum absolute atomic E-state index is 11.6. The molecule has 0 spiro atoms. The number of nitrogens with one attached hydrogen (secondary N) is 1. The van der Waals surface area contributed by atoms with E-state index in [1.54, 1.807) is 19.1 Å². The highest BCUT2D eigenvalue weighted by Crippen LogP contribution is 2.07. The van der Waals surface area contributed by atoms with E-state index >= 15 is 0 Å². The standard InChI is InChI=1S/C16H23NO4/c1-12(2)11-20-13(3)21-17-16(19)8-7-14-5-4-6-15(9-14)10-18/h4-9,12-13,18H,10-11H2,1-3H3,(H,17,19)/b8-7+. The van der Waals surface area contributed by atoms with E-state index in [0.29, 0.717) is 12.5 Å². The van der Waals surface area contributed by atoms with Crippen molar-refractivity contribution >= 4 is 12.0 Å². The second kappa shape index (κ2) is 9.28. The molecule has 2 N–H and O–H groups in total. The van der Waals surface area contributed by atoms with Crippen LogP contribution >= 0.6 is 0 Å². The Morgan fingerprint density at radius 3 is 2.81 bits per heavy atom. The molecule has 0 saturated carbocycles. The van der Waals surface area contributed by atoms with Crippen LogP contribution in [0.15, 0.2) is 30.3 Å². The minimum atomic E-state index is -0.498. The average Bonchev–Trinajstić information content (AvgIpc) is 2.49. The van der Waals surface area contributed by atoms with Crippen LogP contribution in [0.4, 0.5) is 0 Å². The SMILES string of the molecule is CC(C)COC(C)ONC(=O)/C=C/c1cccc(CO)c1. The van der Waals surface area contributed by atoms with Gasteiger partial charge < -0.3 is 9.84 Å². The molecule has 0 heterocycles. The Kier molecular flexibility index (Phi) is 7.68. The van der Waals surface area contributed by atoms with Crippen molar-refractivity contribution in [3.8, 4) is 0 Å². The van der Waals surface area contributed by atoms with Crippen LogP contribution in [0.2, 0.25) is 0 Å². The minimum absolute atomic E-state index is 0.0261. The summed E-state index contributed by atoms with van der Waals surface area (Å²) < 4.78 is 5.36. The summed E-state index contributed by atoms with van der Waals surface area (Å²) in [7, 11) is 0. The Labute approximate surface area is 125 Å². The first-order valence-corrected chi connectivity index (χ1v) is 6.96. The average molecular weight is 293 g/mol. The van der Waals surface area contributed by atoms with Gasteiger partial charge in [-0.15, -0.1) is 0 Å². The van der Waals surface area contributed by atoms with Crippen molar-refractivity contribution in [2.75, 3.05) is 6.61 Å². The quantitative estimate of drug-likeness (QED) is 0.438. The lowest BCUT2D eigenvalue weighted by atomic mass is 10.1. The number of hydroxylamine groups is 1. The molecule has 0 aliphatic carbocycles. The molecular weight excluding hydrogens is 270 g/mol. The van der Waals surface area contributed by atoms with Crippen LogP contribution in [-0.2, 0) is 21.0 Å². The molecule has 1 aromatic carbocycles. The van der Waals surface area contributed by atoms with Gasteiger partial charge in [0.25, 0.3) is 5.91 Å². The third-order valence-corrected chi connectivity index (χ3v) is 2.55. The smallest absolute Gasteiger partial charge is 0.267 e. The molecule has 0 aromatic heterocycles. The minimum Gasteiger partial charge on any atom is -0.392 e. The van der Waals surface area contributed by atoms with Gasteiger partial charge in [-0.05, 0) is 36.1 Å². The van der Waals surface area contributed by atoms with Crippen molar-refractivity contribution in [3.05, 3.63) is 41.5 Å². The third kappa shape index (κ3) is 7.60. The molecular formula is C16H23NO4. The lowest BCUT2D eigenvalue weighted by Gasteiger charge is -2.14. The van der Waals surface area contributed by atoms with E-state index in [1.165, 1.54) is 6.08 Å². The normalized spacial score (nSPS) is 12.8. The molecule has 5 heteroatoms. The molecule has 1 aromatic rings. The number of aliphatic hydroxyl groups excluding tert-OH is 1. The summed E-state index contributed by atoms with van der Waals surface area (Å²) in [6.07, 6.45) is 2.52. The summed E-state index contributed by atoms with van der Waals surface area (Å²) in [5, 5.41) is 9.04. The zero-order chi connectivity index (χ0) is 15.7. The highest BCUT2D eigenvalue weighted by atomic mass is 16.8. The first-order chi connectivity index (χ1) is 10.0. The molecule has 0 bridgehead atoms. The van der Waals surface area contributed by atoms with Gasteiger partial charge in [-0.1, -0.05) is 32.0 Å². The maximum Gasteiger partial charge on any atom is 0.267 e. The lowest BCUT2D eigenvalue weighted by Crippen LogP contribution is -2.29. The van der Waals surface area contributed by atoms with E-state index in [2.05, 4.69) is 5.48 Å². The van der Waals surface area contributed by atoms with Crippen molar-refractivity contribution in [3.63, 3.8) is 0 Å². The van der Waals surface area contributed by atoms with Gasteiger partial charge in [0, 0.05) is 6.08 Å². The van der Waals surface area contributed by atoms with Gasteiger partial charge in [0.05, 0.1) is 13.2 Å². The molecule has 0 saturated heterocycles. The number of carbonyl (C=O) groups is 1. The van der Waals surface area contributed by atoms with Gasteiger partial charge in [-0.2, -0.15) is 0 Å². The van der Waals surface area contributed by atoms with Crippen molar-refractivity contribution in [1.82, 2.24) is 5.48 Å². The highest BCUT2D eigenvalue weighted by molar-refractivity contribution is 5.90. The van der Waals surface area contributed by atoms with Gasteiger partial charge in [0.2, 0.25) is 0 Å². The van der Waals surface area contributed by atoms with Gasteiger partial charge in [-0.3, -0.25) is 4.79 Å². The Morgan fingerprint density at radius 1 is 1.38 bits per heavy atom. The summed E-state index contributed by atoms with van der Waals surface area (Å²) in [4.78, 5) is 16.7. The number of hydrogen-bond donors (Lipinski definition) is 2. The Balaban J connectivity index is 2.37. The highest BCUT2D eigenvalue weighted by Gasteiger charge is 2.05. The maximum atomic E-state index is 11.6. The molecule has 0 aliphatic rings. The largest absolute Gasteiger partial charge is 0.392 e. The molecule has 1 atom stereocenters. The van der Waals surface area contributed by atoms with Gasteiger partial charge >= 0.3 is 0 Å². The van der Waals surface area contributed by atoms with Crippen LogP contribution in [0.25, 0.3) is 6.08 Å². The summed E-state index contributed by atoms with van der Waals surface area (Å²) in [6.45, 7) is 6.34. The van der Waals surface area contributed by atoms with Crippen LogP contribution in [0.1, 0.15) is 31.9 Å². The second-order valence-electron chi connectivity index (χ2n) is 5.12. The number of aliphatic hydroxyl groups is 1. The molecule has 5 nitrogen and oxygen atoms in total. The first kappa shape index (κ1) is 17.4. The Bertz CT molecular complexity index is 471. The van der Waals surface area contributed by atoms with Crippen LogP contribution in [0, 0.1) is 5.92 Å². The van der Waals surface area contributed by atoms with Crippen molar-refractivity contribution in [2.45, 2.75) is 33.7 Å². The molecule has 0 fully saturated rings. The Hall–Kier alpha value is -1.69. The summed E-state index contributed by atoms with van der Waals surface area (Å²) in [5.74, 6) is 0.0369. The zero-order valence-electron chi connectivity index (χ0n) is 12.7. The summed E-state index contributed by atoms with van der Waals surface area (Å²) >= 11 is 0. The van der Waals surface area contributed by atoms with E-state index in [9.17, 15) is 4.79 Å². The first-order valence-electron chi connectivity index (χ1n) is 6.96. The number of amides is 1. The zero-order valence-corrected chi connectivity index (χ0v) is 12.7. The molecule has 1 unspecified atom stereocenters.